The lowest BCUT2D eigenvalue weighted by molar-refractivity contribution is 0.0300. The van der Waals surface area contributed by atoms with Crippen LogP contribution < -0.4 is 0 Å². The third-order valence-electron chi connectivity index (χ3n) is 4.93. The molecule has 0 radical (unpaired) electrons. The van der Waals surface area contributed by atoms with Gasteiger partial charge < -0.3 is 9.64 Å². The molecule has 1 amide bonds. The Hall–Kier alpha value is -1.87. The highest BCUT2D eigenvalue weighted by molar-refractivity contribution is 7.98. The van der Waals surface area contributed by atoms with Crippen LogP contribution in [-0.2, 0) is 21.3 Å². The van der Waals surface area contributed by atoms with Crippen molar-refractivity contribution in [3.05, 3.63) is 59.2 Å². The first kappa shape index (κ1) is 21.8. The van der Waals surface area contributed by atoms with Crippen molar-refractivity contribution in [2.75, 3.05) is 39.6 Å². The Bertz CT molecular complexity index is 969. The van der Waals surface area contributed by atoms with Crippen LogP contribution in [-0.4, -0.2) is 63.1 Å². The number of carbonyl (C=O) groups excluding carboxylic acids is 1. The molecule has 1 saturated heterocycles. The van der Waals surface area contributed by atoms with Crippen LogP contribution >= 0.6 is 11.8 Å². The SMILES string of the molecule is CSc1ccc(S(=O)(=O)N(C)Cc2ccc(C)cc2)cc1C(=O)N1CCOCC1. The zero-order valence-corrected chi connectivity index (χ0v) is 18.6. The number of carbonyl (C=O) groups is 1. The van der Waals surface area contributed by atoms with Crippen molar-refractivity contribution >= 4 is 27.7 Å². The van der Waals surface area contributed by atoms with Crippen LogP contribution in [0, 0.1) is 6.92 Å². The summed E-state index contributed by atoms with van der Waals surface area (Å²) in [5, 5.41) is 0. The van der Waals surface area contributed by atoms with E-state index in [0.29, 0.717) is 31.9 Å². The lowest BCUT2D eigenvalue weighted by Crippen LogP contribution is -2.41. The molecule has 0 aliphatic carbocycles. The lowest BCUT2D eigenvalue weighted by Gasteiger charge is -2.27. The van der Waals surface area contributed by atoms with Gasteiger partial charge in [-0.3, -0.25) is 4.79 Å². The van der Waals surface area contributed by atoms with E-state index < -0.39 is 10.0 Å². The maximum Gasteiger partial charge on any atom is 0.255 e. The van der Waals surface area contributed by atoms with E-state index in [0.717, 1.165) is 16.0 Å². The Morgan fingerprint density at radius 2 is 1.79 bits per heavy atom. The van der Waals surface area contributed by atoms with Gasteiger partial charge in [0.05, 0.1) is 23.7 Å². The molecule has 1 heterocycles. The highest BCUT2D eigenvalue weighted by Crippen LogP contribution is 2.27. The molecule has 0 saturated carbocycles. The Labute approximate surface area is 176 Å². The first-order valence-electron chi connectivity index (χ1n) is 9.40. The van der Waals surface area contributed by atoms with E-state index in [-0.39, 0.29) is 17.3 Å². The molecule has 2 aromatic carbocycles. The van der Waals surface area contributed by atoms with Crippen molar-refractivity contribution in [3.63, 3.8) is 0 Å². The highest BCUT2D eigenvalue weighted by atomic mass is 32.2. The largest absolute Gasteiger partial charge is 0.378 e. The number of aryl methyl sites for hydroxylation is 1. The predicted molar refractivity (Wildman–Crippen MR) is 115 cm³/mol. The number of ether oxygens (including phenoxy) is 1. The van der Waals surface area contributed by atoms with Gasteiger partial charge in [0.1, 0.15) is 0 Å². The molecule has 2 aromatic rings. The van der Waals surface area contributed by atoms with Crippen molar-refractivity contribution in [2.24, 2.45) is 0 Å². The quantitative estimate of drug-likeness (QED) is 0.654. The highest BCUT2D eigenvalue weighted by Gasteiger charge is 2.26. The zero-order chi connectivity index (χ0) is 21.0. The minimum Gasteiger partial charge on any atom is -0.378 e. The Morgan fingerprint density at radius 1 is 1.14 bits per heavy atom. The average Bonchev–Trinajstić information content (AvgIpc) is 2.74. The monoisotopic (exact) mass is 434 g/mol. The second-order valence-corrected chi connectivity index (χ2v) is 9.91. The van der Waals surface area contributed by atoms with Crippen LogP contribution in [0.1, 0.15) is 21.5 Å². The number of hydrogen-bond acceptors (Lipinski definition) is 5. The second-order valence-electron chi connectivity index (χ2n) is 7.01. The Morgan fingerprint density at radius 3 is 2.41 bits per heavy atom. The van der Waals surface area contributed by atoms with E-state index in [9.17, 15) is 13.2 Å². The fourth-order valence-corrected chi connectivity index (χ4v) is 4.92. The number of nitrogens with zero attached hydrogens (tertiary/aromatic N) is 2. The molecule has 6 nitrogen and oxygen atoms in total. The van der Waals surface area contributed by atoms with E-state index in [2.05, 4.69) is 0 Å². The van der Waals surface area contributed by atoms with Gasteiger partial charge in [-0.25, -0.2) is 8.42 Å². The molecule has 8 heteroatoms. The molecule has 0 aromatic heterocycles. The summed E-state index contributed by atoms with van der Waals surface area (Å²) in [6.07, 6.45) is 1.88. The minimum absolute atomic E-state index is 0.126. The summed E-state index contributed by atoms with van der Waals surface area (Å²) >= 11 is 1.43. The van der Waals surface area contributed by atoms with Crippen LogP contribution in [0.15, 0.2) is 52.3 Å². The Kier molecular flexibility index (Phi) is 7.00. The summed E-state index contributed by atoms with van der Waals surface area (Å²) in [7, 11) is -2.17. The van der Waals surface area contributed by atoms with Gasteiger partial charge in [-0.15, -0.1) is 11.8 Å². The molecular weight excluding hydrogens is 408 g/mol. The fraction of sp³-hybridized carbons (Fsp3) is 0.381. The normalized spacial score (nSPS) is 15.0. The van der Waals surface area contributed by atoms with Crippen molar-refractivity contribution in [2.45, 2.75) is 23.3 Å². The van der Waals surface area contributed by atoms with E-state index >= 15 is 0 Å². The predicted octanol–water partition coefficient (Wildman–Crippen LogP) is 3.01. The molecule has 0 N–H and O–H groups in total. The second kappa shape index (κ2) is 9.30. The van der Waals surface area contributed by atoms with Gasteiger partial charge in [0.15, 0.2) is 0 Å². The van der Waals surface area contributed by atoms with E-state index in [1.807, 2.05) is 37.4 Å². The maximum absolute atomic E-state index is 13.1. The molecule has 0 spiro atoms. The van der Waals surface area contributed by atoms with Crippen molar-refractivity contribution < 1.29 is 17.9 Å². The third kappa shape index (κ3) is 5.01. The standard InChI is InChI=1S/C21H26N2O4S2/c1-16-4-6-17(7-5-16)15-22(2)29(25,26)18-8-9-20(28-3)19(14-18)21(24)23-10-12-27-13-11-23/h4-9,14H,10-13,15H2,1-3H3. The van der Waals surface area contributed by atoms with Crippen LogP contribution in [0.3, 0.4) is 0 Å². The van der Waals surface area contributed by atoms with Gasteiger partial charge in [-0.2, -0.15) is 4.31 Å². The molecule has 156 valence electrons. The summed E-state index contributed by atoms with van der Waals surface area (Å²) in [5.41, 5.74) is 2.45. The molecule has 0 bridgehead atoms. The lowest BCUT2D eigenvalue weighted by atomic mass is 10.1. The van der Waals surface area contributed by atoms with Gasteiger partial charge in [0, 0.05) is 31.6 Å². The van der Waals surface area contributed by atoms with Gasteiger partial charge in [-0.1, -0.05) is 29.8 Å². The molecule has 3 rings (SSSR count). The number of thioether (sulfide) groups is 1. The van der Waals surface area contributed by atoms with Crippen LogP contribution in [0.5, 0.6) is 0 Å². The first-order valence-corrected chi connectivity index (χ1v) is 12.1. The molecule has 1 fully saturated rings. The maximum atomic E-state index is 13.1. The number of amides is 1. The molecule has 1 aliphatic heterocycles. The summed E-state index contributed by atoms with van der Waals surface area (Å²) in [6, 6.07) is 12.6. The van der Waals surface area contributed by atoms with Gasteiger partial charge in [-0.05, 0) is 36.9 Å². The number of morpholine rings is 1. The first-order chi connectivity index (χ1) is 13.8. The zero-order valence-electron chi connectivity index (χ0n) is 16.9. The summed E-state index contributed by atoms with van der Waals surface area (Å²) in [5.74, 6) is -0.157. The van der Waals surface area contributed by atoms with E-state index in [1.165, 1.54) is 22.1 Å². The van der Waals surface area contributed by atoms with Crippen molar-refractivity contribution in [1.82, 2.24) is 9.21 Å². The van der Waals surface area contributed by atoms with E-state index in [1.54, 1.807) is 24.1 Å². The molecule has 1 aliphatic rings. The topological polar surface area (TPSA) is 66.9 Å². The third-order valence-corrected chi connectivity index (χ3v) is 7.53. The summed E-state index contributed by atoms with van der Waals surface area (Å²) in [4.78, 5) is 15.6. The number of sulfonamides is 1. The van der Waals surface area contributed by atoms with Crippen LogP contribution in [0.4, 0.5) is 0 Å². The summed E-state index contributed by atoms with van der Waals surface area (Å²) < 4.78 is 32.9. The molecule has 0 atom stereocenters. The molecular formula is C21H26N2O4S2. The van der Waals surface area contributed by atoms with Crippen molar-refractivity contribution in [3.8, 4) is 0 Å². The number of hydrogen-bond donors (Lipinski definition) is 0. The fourth-order valence-electron chi connectivity index (χ4n) is 3.17. The van der Waals surface area contributed by atoms with Gasteiger partial charge in [0.2, 0.25) is 10.0 Å². The van der Waals surface area contributed by atoms with Gasteiger partial charge >= 0.3 is 0 Å². The average molecular weight is 435 g/mol. The van der Waals surface area contributed by atoms with Crippen molar-refractivity contribution in [1.29, 1.82) is 0 Å². The summed E-state index contributed by atoms with van der Waals surface area (Å²) in [6.45, 7) is 4.27. The number of rotatable bonds is 6. The minimum atomic E-state index is -3.73. The van der Waals surface area contributed by atoms with Crippen LogP contribution in [0.25, 0.3) is 0 Å². The van der Waals surface area contributed by atoms with E-state index in [4.69, 9.17) is 4.74 Å². The Balaban J connectivity index is 1.88. The molecule has 0 unspecified atom stereocenters. The number of benzene rings is 2. The molecule has 29 heavy (non-hydrogen) atoms. The van der Waals surface area contributed by atoms with Gasteiger partial charge in [0.25, 0.3) is 5.91 Å². The van der Waals surface area contributed by atoms with Crippen LogP contribution in [0.2, 0.25) is 0 Å². The smallest absolute Gasteiger partial charge is 0.255 e.